The van der Waals surface area contributed by atoms with Gasteiger partial charge in [-0.15, -0.1) is 21.5 Å². The monoisotopic (exact) mass is 430 g/mol. The lowest BCUT2D eigenvalue weighted by Gasteiger charge is -2.31. The van der Waals surface area contributed by atoms with Crippen LogP contribution in [0, 0.1) is 5.92 Å². The fourth-order valence-corrected chi connectivity index (χ4v) is 5.28. The SMILES string of the molecule is CC1CCN(c2nnc(SCCCc3nc(-c4cccs4)no3)n2C2CC2)CC1. The van der Waals surface area contributed by atoms with Crippen LogP contribution in [0.2, 0.25) is 0 Å². The summed E-state index contributed by atoms with van der Waals surface area (Å²) in [4.78, 5) is 7.99. The fraction of sp³-hybridized carbons (Fsp3) is 0.600. The summed E-state index contributed by atoms with van der Waals surface area (Å²) in [6, 6.07) is 4.60. The van der Waals surface area contributed by atoms with Crippen LogP contribution in [0.1, 0.15) is 51.0 Å². The summed E-state index contributed by atoms with van der Waals surface area (Å²) in [5, 5.41) is 16.3. The second-order valence-electron chi connectivity index (χ2n) is 7.99. The fourth-order valence-electron chi connectivity index (χ4n) is 3.69. The van der Waals surface area contributed by atoms with Crippen LogP contribution in [0.15, 0.2) is 27.2 Å². The molecule has 5 rings (SSSR count). The molecule has 0 spiro atoms. The summed E-state index contributed by atoms with van der Waals surface area (Å²) < 4.78 is 7.79. The van der Waals surface area contributed by atoms with E-state index in [1.165, 1.54) is 25.7 Å². The lowest BCUT2D eigenvalue weighted by molar-refractivity contribution is 0.378. The molecule has 1 aliphatic heterocycles. The van der Waals surface area contributed by atoms with Crippen molar-refractivity contribution in [2.75, 3.05) is 23.7 Å². The Labute approximate surface area is 178 Å². The van der Waals surface area contributed by atoms with Gasteiger partial charge in [0.25, 0.3) is 0 Å². The van der Waals surface area contributed by atoms with Crippen molar-refractivity contribution >= 4 is 29.0 Å². The summed E-state index contributed by atoms with van der Waals surface area (Å²) in [5.41, 5.74) is 0. The van der Waals surface area contributed by atoms with E-state index >= 15 is 0 Å². The van der Waals surface area contributed by atoms with E-state index in [9.17, 15) is 0 Å². The molecule has 0 atom stereocenters. The first-order chi connectivity index (χ1) is 14.3. The standard InChI is InChI=1S/C20H26N6OS2/c1-14-8-10-25(11-9-14)19-22-23-20(26(19)15-6-7-15)29-13-3-5-17-21-18(24-27-17)16-4-2-12-28-16/h2,4,12,14-15H,3,5-11,13H2,1H3. The Hall–Kier alpha value is -1.87. The van der Waals surface area contributed by atoms with Gasteiger partial charge in [-0.25, -0.2) is 0 Å². The number of nitrogens with zero attached hydrogens (tertiary/aromatic N) is 6. The van der Waals surface area contributed by atoms with Crippen LogP contribution in [0.3, 0.4) is 0 Å². The summed E-state index contributed by atoms with van der Waals surface area (Å²) in [5.74, 6) is 4.28. The molecule has 2 aliphatic rings. The van der Waals surface area contributed by atoms with Gasteiger partial charge in [0.15, 0.2) is 5.16 Å². The van der Waals surface area contributed by atoms with E-state index in [0.717, 1.165) is 53.6 Å². The molecule has 0 aromatic carbocycles. The molecule has 7 nitrogen and oxygen atoms in total. The molecule has 0 bridgehead atoms. The van der Waals surface area contributed by atoms with Crippen LogP contribution in [0.25, 0.3) is 10.7 Å². The Morgan fingerprint density at radius 1 is 1.21 bits per heavy atom. The molecule has 1 aliphatic carbocycles. The van der Waals surface area contributed by atoms with E-state index in [0.29, 0.717) is 17.8 Å². The second kappa shape index (κ2) is 8.47. The Balaban J connectivity index is 1.17. The van der Waals surface area contributed by atoms with Gasteiger partial charge in [-0.1, -0.05) is 29.9 Å². The Morgan fingerprint density at radius 2 is 2.07 bits per heavy atom. The van der Waals surface area contributed by atoms with Gasteiger partial charge < -0.3 is 9.42 Å². The number of rotatable bonds is 8. The van der Waals surface area contributed by atoms with Crippen molar-refractivity contribution in [3.8, 4) is 10.7 Å². The molecule has 0 unspecified atom stereocenters. The number of aromatic nitrogens is 5. The highest BCUT2D eigenvalue weighted by Gasteiger charge is 2.32. The predicted molar refractivity (Wildman–Crippen MR) is 116 cm³/mol. The third-order valence-electron chi connectivity index (χ3n) is 5.60. The average Bonchev–Trinajstić information content (AvgIpc) is 3.15. The van der Waals surface area contributed by atoms with Gasteiger partial charge in [0, 0.05) is 31.3 Å². The maximum Gasteiger partial charge on any atom is 0.228 e. The molecular formula is C20H26N6OS2. The molecular weight excluding hydrogens is 404 g/mol. The van der Waals surface area contributed by atoms with Gasteiger partial charge in [0.1, 0.15) is 0 Å². The second-order valence-corrected chi connectivity index (χ2v) is 10.0. The summed E-state index contributed by atoms with van der Waals surface area (Å²) in [6.45, 7) is 4.54. The maximum absolute atomic E-state index is 5.40. The van der Waals surface area contributed by atoms with Crippen LogP contribution in [0.5, 0.6) is 0 Å². The van der Waals surface area contributed by atoms with E-state index < -0.39 is 0 Å². The number of hydrogen-bond acceptors (Lipinski definition) is 8. The van der Waals surface area contributed by atoms with E-state index in [4.69, 9.17) is 4.52 Å². The highest BCUT2D eigenvalue weighted by atomic mass is 32.2. The number of aryl methyl sites for hydroxylation is 1. The van der Waals surface area contributed by atoms with Gasteiger partial charge in [-0.05, 0) is 49.5 Å². The number of thiophene rings is 1. The molecule has 2 fully saturated rings. The first kappa shape index (κ1) is 19.1. The molecule has 0 N–H and O–H groups in total. The van der Waals surface area contributed by atoms with Crippen molar-refractivity contribution < 1.29 is 4.52 Å². The predicted octanol–water partition coefficient (Wildman–Crippen LogP) is 4.69. The molecule has 9 heteroatoms. The van der Waals surface area contributed by atoms with Gasteiger partial charge in [0.05, 0.1) is 4.88 Å². The Morgan fingerprint density at radius 3 is 2.83 bits per heavy atom. The molecule has 3 aromatic heterocycles. The molecule has 1 saturated heterocycles. The van der Waals surface area contributed by atoms with Crippen LogP contribution in [0.4, 0.5) is 5.95 Å². The van der Waals surface area contributed by atoms with Crippen molar-refractivity contribution in [1.82, 2.24) is 24.9 Å². The zero-order chi connectivity index (χ0) is 19.6. The lowest BCUT2D eigenvalue weighted by atomic mass is 10.00. The Bertz CT molecular complexity index is 925. The third kappa shape index (κ3) is 4.35. The van der Waals surface area contributed by atoms with Crippen LogP contribution in [-0.2, 0) is 6.42 Å². The first-order valence-corrected chi connectivity index (χ1v) is 12.3. The minimum Gasteiger partial charge on any atom is -0.341 e. The largest absolute Gasteiger partial charge is 0.341 e. The molecule has 29 heavy (non-hydrogen) atoms. The van der Waals surface area contributed by atoms with E-state index in [-0.39, 0.29) is 0 Å². The first-order valence-electron chi connectivity index (χ1n) is 10.5. The molecule has 3 aromatic rings. The quantitative estimate of drug-likeness (QED) is 0.379. The number of anilines is 1. The summed E-state index contributed by atoms with van der Waals surface area (Å²) in [7, 11) is 0. The van der Waals surface area contributed by atoms with Gasteiger partial charge in [-0.2, -0.15) is 4.98 Å². The van der Waals surface area contributed by atoms with Crippen molar-refractivity contribution in [2.24, 2.45) is 5.92 Å². The molecule has 0 radical (unpaired) electrons. The summed E-state index contributed by atoms with van der Waals surface area (Å²) in [6.07, 6.45) is 6.76. The van der Waals surface area contributed by atoms with Crippen molar-refractivity contribution in [3.63, 3.8) is 0 Å². The van der Waals surface area contributed by atoms with E-state index in [2.05, 4.69) is 36.7 Å². The average molecular weight is 431 g/mol. The number of hydrogen-bond donors (Lipinski definition) is 0. The van der Waals surface area contributed by atoms with E-state index in [1.807, 2.05) is 17.5 Å². The minimum absolute atomic E-state index is 0.589. The van der Waals surface area contributed by atoms with Crippen molar-refractivity contribution in [2.45, 2.75) is 56.6 Å². The normalized spacial score (nSPS) is 17.9. The molecule has 4 heterocycles. The molecule has 154 valence electrons. The van der Waals surface area contributed by atoms with Gasteiger partial charge >= 0.3 is 0 Å². The van der Waals surface area contributed by atoms with Gasteiger partial charge in [-0.3, -0.25) is 4.57 Å². The molecule has 0 amide bonds. The van der Waals surface area contributed by atoms with Crippen molar-refractivity contribution in [3.05, 3.63) is 23.4 Å². The smallest absolute Gasteiger partial charge is 0.228 e. The highest BCUT2D eigenvalue weighted by Crippen LogP contribution is 2.41. The zero-order valence-corrected chi connectivity index (χ0v) is 18.3. The Kier molecular flexibility index (Phi) is 5.59. The number of piperidine rings is 1. The maximum atomic E-state index is 5.40. The third-order valence-corrected chi connectivity index (χ3v) is 7.50. The van der Waals surface area contributed by atoms with Crippen molar-refractivity contribution in [1.29, 1.82) is 0 Å². The molecule has 1 saturated carbocycles. The van der Waals surface area contributed by atoms with E-state index in [1.54, 1.807) is 23.1 Å². The summed E-state index contributed by atoms with van der Waals surface area (Å²) >= 11 is 3.43. The lowest BCUT2D eigenvalue weighted by Crippen LogP contribution is -2.34. The zero-order valence-electron chi connectivity index (χ0n) is 16.7. The minimum atomic E-state index is 0.589. The van der Waals surface area contributed by atoms with Crippen LogP contribution < -0.4 is 4.90 Å². The topological polar surface area (TPSA) is 72.9 Å². The van der Waals surface area contributed by atoms with Gasteiger partial charge in [0.2, 0.25) is 17.7 Å². The van der Waals surface area contributed by atoms with Crippen LogP contribution >= 0.6 is 23.1 Å². The highest BCUT2D eigenvalue weighted by molar-refractivity contribution is 7.99. The number of thioether (sulfide) groups is 1. The van der Waals surface area contributed by atoms with Crippen LogP contribution in [-0.4, -0.2) is 43.7 Å².